The number of piperazine rings is 1. The van der Waals surface area contributed by atoms with Crippen LogP contribution in [-0.2, 0) is 6.54 Å². The lowest BCUT2D eigenvalue weighted by atomic mass is 10.2. The van der Waals surface area contributed by atoms with Crippen molar-refractivity contribution in [1.82, 2.24) is 9.47 Å². The quantitative estimate of drug-likeness (QED) is 0.543. The van der Waals surface area contributed by atoms with E-state index in [9.17, 15) is 5.11 Å². The molecule has 1 aromatic heterocycles. The van der Waals surface area contributed by atoms with E-state index in [2.05, 4.69) is 94.1 Å². The zero-order valence-corrected chi connectivity index (χ0v) is 17.5. The maximum absolute atomic E-state index is 10.9. The summed E-state index contributed by atoms with van der Waals surface area (Å²) in [6.45, 7) is 7.43. The number of aryl methyl sites for hydroxylation is 1. The van der Waals surface area contributed by atoms with E-state index in [1.54, 1.807) is 0 Å². The number of fused-ring (bicyclic) bond motifs is 3. The third-order valence-electron chi connectivity index (χ3n) is 6.31. The summed E-state index contributed by atoms with van der Waals surface area (Å²) in [5, 5.41) is 13.4. The average Bonchev–Trinajstić information content (AvgIpc) is 3.09. The van der Waals surface area contributed by atoms with Gasteiger partial charge in [0.2, 0.25) is 0 Å². The normalized spacial score (nSPS) is 16.4. The molecule has 0 amide bonds. The molecule has 0 unspecified atom stereocenters. The molecule has 1 N–H and O–H groups in total. The zero-order valence-electron chi connectivity index (χ0n) is 17.5. The maximum atomic E-state index is 10.9. The second-order valence-electron chi connectivity index (χ2n) is 8.42. The van der Waals surface area contributed by atoms with Crippen LogP contribution in [0.15, 0.2) is 72.8 Å². The summed E-state index contributed by atoms with van der Waals surface area (Å²) in [4.78, 5) is 4.83. The summed E-state index contributed by atoms with van der Waals surface area (Å²) in [6.07, 6.45) is -0.393. The molecule has 0 aliphatic carbocycles. The number of anilines is 1. The number of β-amino-alcohol motifs (C(OH)–C–C–N with tert-alkyl or cyclic N) is 1. The van der Waals surface area contributed by atoms with Gasteiger partial charge in [0, 0.05) is 60.2 Å². The van der Waals surface area contributed by atoms with E-state index in [1.807, 2.05) is 0 Å². The summed E-state index contributed by atoms with van der Waals surface area (Å²) < 4.78 is 2.28. The molecule has 4 aromatic rings. The molecule has 4 heteroatoms. The lowest BCUT2D eigenvalue weighted by Crippen LogP contribution is -2.49. The van der Waals surface area contributed by atoms with Crippen LogP contribution >= 0.6 is 0 Å². The number of rotatable bonds is 5. The largest absolute Gasteiger partial charge is 0.390 e. The first-order valence-electron chi connectivity index (χ1n) is 10.9. The van der Waals surface area contributed by atoms with E-state index in [4.69, 9.17) is 0 Å². The van der Waals surface area contributed by atoms with Gasteiger partial charge in [0.1, 0.15) is 0 Å². The van der Waals surface area contributed by atoms with Crippen molar-refractivity contribution >= 4 is 27.5 Å². The van der Waals surface area contributed by atoms with Crippen molar-refractivity contribution in [1.29, 1.82) is 0 Å². The molecule has 2 heterocycles. The smallest absolute Gasteiger partial charge is 0.0845 e. The number of aliphatic hydroxyl groups is 1. The molecule has 0 radical (unpaired) electrons. The van der Waals surface area contributed by atoms with Crippen LogP contribution in [0.4, 0.5) is 5.69 Å². The Morgan fingerprint density at radius 2 is 1.30 bits per heavy atom. The molecule has 0 bridgehead atoms. The molecule has 1 fully saturated rings. The highest BCUT2D eigenvalue weighted by Gasteiger charge is 2.20. The Kier molecular flexibility index (Phi) is 5.19. The van der Waals surface area contributed by atoms with Crippen molar-refractivity contribution < 1.29 is 5.11 Å². The monoisotopic (exact) mass is 399 g/mol. The van der Waals surface area contributed by atoms with Crippen molar-refractivity contribution in [2.45, 2.75) is 19.6 Å². The number of para-hydroxylation sites is 2. The Morgan fingerprint density at radius 3 is 1.90 bits per heavy atom. The summed E-state index contributed by atoms with van der Waals surface area (Å²) in [5.41, 5.74) is 4.99. The highest BCUT2D eigenvalue weighted by Crippen LogP contribution is 2.29. The molecule has 30 heavy (non-hydrogen) atoms. The number of hydrogen-bond donors (Lipinski definition) is 1. The number of benzene rings is 3. The van der Waals surface area contributed by atoms with Crippen LogP contribution in [-0.4, -0.2) is 53.4 Å². The SMILES string of the molecule is Cc1ccc(N2CCN(C[C@H](O)Cn3c4ccccc4c4ccccc43)CC2)cc1. The number of aliphatic hydroxyl groups excluding tert-OH is 1. The van der Waals surface area contributed by atoms with Gasteiger partial charge in [0.25, 0.3) is 0 Å². The Bertz CT molecular complexity index is 1090. The van der Waals surface area contributed by atoms with Gasteiger partial charge in [-0.2, -0.15) is 0 Å². The van der Waals surface area contributed by atoms with Crippen LogP contribution in [0, 0.1) is 6.92 Å². The molecule has 1 saturated heterocycles. The van der Waals surface area contributed by atoms with Crippen molar-refractivity contribution in [2.75, 3.05) is 37.6 Å². The minimum Gasteiger partial charge on any atom is -0.390 e. The van der Waals surface area contributed by atoms with Crippen molar-refractivity contribution in [3.05, 3.63) is 78.4 Å². The second-order valence-corrected chi connectivity index (χ2v) is 8.42. The number of hydrogen-bond acceptors (Lipinski definition) is 3. The average molecular weight is 400 g/mol. The predicted molar refractivity (Wildman–Crippen MR) is 125 cm³/mol. The molecule has 154 valence electrons. The summed E-state index contributed by atoms with van der Waals surface area (Å²) in [6, 6.07) is 25.8. The van der Waals surface area contributed by atoms with Gasteiger partial charge in [0.05, 0.1) is 12.6 Å². The fourth-order valence-corrected chi connectivity index (χ4v) is 4.71. The summed E-state index contributed by atoms with van der Waals surface area (Å²) in [5.74, 6) is 0. The lowest BCUT2D eigenvalue weighted by Gasteiger charge is -2.37. The Balaban J connectivity index is 1.26. The van der Waals surface area contributed by atoms with E-state index < -0.39 is 6.10 Å². The molecule has 4 nitrogen and oxygen atoms in total. The van der Waals surface area contributed by atoms with Crippen molar-refractivity contribution in [2.24, 2.45) is 0 Å². The lowest BCUT2D eigenvalue weighted by molar-refractivity contribution is 0.0969. The fourth-order valence-electron chi connectivity index (χ4n) is 4.71. The van der Waals surface area contributed by atoms with E-state index in [-0.39, 0.29) is 0 Å². The Hall–Kier alpha value is -2.82. The Morgan fingerprint density at radius 1 is 0.733 bits per heavy atom. The van der Waals surface area contributed by atoms with E-state index >= 15 is 0 Å². The molecule has 1 aliphatic rings. The van der Waals surface area contributed by atoms with Crippen LogP contribution in [0.1, 0.15) is 5.56 Å². The van der Waals surface area contributed by atoms with E-state index in [0.717, 1.165) is 26.2 Å². The van der Waals surface area contributed by atoms with Crippen LogP contribution in [0.5, 0.6) is 0 Å². The van der Waals surface area contributed by atoms with E-state index in [0.29, 0.717) is 13.1 Å². The van der Waals surface area contributed by atoms with Gasteiger partial charge >= 0.3 is 0 Å². The standard InChI is InChI=1S/C26H29N3O/c1-20-10-12-21(13-11-20)28-16-14-27(15-17-28)18-22(30)19-29-25-8-4-2-6-23(25)24-7-3-5-9-26(24)29/h2-13,22,30H,14-19H2,1H3/t22-/m0/s1. The summed E-state index contributed by atoms with van der Waals surface area (Å²) in [7, 11) is 0. The molecule has 1 atom stereocenters. The van der Waals surface area contributed by atoms with Crippen molar-refractivity contribution in [3.63, 3.8) is 0 Å². The second kappa shape index (κ2) is 8.13. The minimum absolute atomic E-state index is 0.393. The highest BCUT2D eigenvalue weighted by molar-refractivity contribution is 6.07. The number of nitrogens with zero attached hydrogens (tertiary/aromatic N) is 3. The molecule has 0 saturated carbocycles. The minimum atomic E-state index is -0.393. The molecular weight excluding hydrogens is 370 g/mol. The third-order valence-corrected chi connectivity index (χ3v) is 6.31. The molecule has 3 aromatic carbocycles. The van der Waals surface area contributed by atoms with Crippen LogP contribution in [0.25, 0.3) is 21.8 Å². The molecular formula is C26H29N3O. The topological polar surface area (TPSA) is 31.6 Å². The third kappa shape index (κ3) is 3.69. The molecule has 5 rings (SSSR count). The van der Waals surface area contributed by atoms with Crippen LogP contribution < -0.4 is 4.90 Å². The maximum Gasteiger partial charge on any atom is 0.0845 e. The zero-order chi connectivity index (χ0) is 20.5. The van der Waals surface area contributed by atoms with Gasteiger partial charge in [0.15, 0.2) is 0 Å². The molecule has 1 aliphatic heterocycles. The number of aromatic nitrogens is 1. The van der Waals surface area contributed by atoms with Gasteiger partial charge in [-0.15, -0.1) is 0 Å². The van der Waals surface area contributed by atoms with Gasteiger partial charge < -0.3 is 14.6 Å². The van der Waals surface area contributed by atoms with Gasteiger partial charge in [-0.1, -0.05) is 54.1 Å². The summed E-state index contributed by atoms with van der Waals surface area (Å²) >= 11 is 0. The van der Waals surface area contributed by atoms with Gasteiger partial charge in [-0.05, 0) is 31.2 Å². The predicted octanol–water partition coefficient (Wildman–Crippen LogP) is 4.29. The highest BCUT2D eigenvalue weighted by atomic mass is 16.3. The van der Waals surface area contributed by atoms with Crippen LogP contribution in [0.3, 0.4) is 0 Å². The first-order chi connectivity index (χ1) is 14.7. The fraction of sp³-hybridized carbons (Fsp3) is 0.308. The van der Waals surface area contributed by atoms with Crippen LogP contribution in [0.2, 0.25) is 0 Å². The Labute approximate surface area is 177 Å². The molecule has 0 spiro atoms. The van der Waals surface area contributed by atoms with E-state index in [1.165, 1.54) is 33.1 Å². The van der Waals surface area contributed by atoms with Crippen molar-refractivity contribution in [3.8, 4) is 0 Å². The van der Waals surface area contributed by atoms with Gasteiger partial charge in [-0.3, -0.25) is 4.90 Å². The van der Waals surface area contributed by atoms with Gasteiger partial charge in [-0.25, -0.2) is 0 Å². The first-order valence-corrected chi connectivity index (χ1v) is 10.9. The first kappa shape index (κ1) is 19.2.